The van der Waals surface area contributed by atoms with Crippen LogP contribution in [0.15, 0.2) is 24.5 Å². The number of aromatic nitrogens is 2. The van der Waals surface area contributed by atoms with E-state index in [1.807, 2.05) is 0 Å². The molecule has 6 heteroatoms. The second kappa shape index (κ2) is 6.47. The van der Waals surface area contributed by atoms with Crippen LogP contribution in [-0.2, 0) is 11.3 Å². The number of anilines is 1. The first-order valence-corrected chi connectivity index (χ1v) is 6.73. The number of nitrogens with zero attached hydrogens (tertiary/aromatic N) is 3. The van der Waals surface area contributed by atoms with Gasteiger partial charge in [-0.3, -0.25) is 9.69 Å². The highest BCUT2D eigenvalue weighted by atomic mass is 16.4. The van der Waals surface area contributed by atoms with E-state index >= 15 is 0 Å². The van der Waals surface area contributed by atoms with Gasteiger partial charge in [0.05, 0.1) is 0 Å². The van der Waals surface area contributed by atoms with Crippen LogP contribution >= 0.6 is 0 Å². The van der Waals surface area contributed by atoms with Crippen LogP contribution in [-0.4, -0.2) is 45.1 Å². The Kier molecular flexibility index (Phi) is 4.68. The molecule has 0 fully saturated rings. The third-order valence-electron chi connectivity index (χ3n) is 3.27. The summed E-state index contributed by atoms with van der Waals surface area (Å²) in [5.74, 6) is -0.0112. The molecule has 1 aromatic rings. The third-order valence-corrected chi connectivity index (χ3v) is 3.27. The average molecular weight is 276 g/mol. The largest absolute Gasteiger partial charge is 0.480 e. The van der Waals surface area contributed by atoms with Crippen LogP contribution in [0.1, 0.15) is 19.4 Å². The maximum Gasteiger partial charge on any atom is 0.322 e. The van der Waals surface area contributed by atoms with Crippen LogP contribution in [0.25, 0.3) is 0 Å². The van der Waals surface area contributed by atoms with E-state index < -0.39 is 5.97 Å². The van der Waals surface area contributed by atoms with Gasteiger partial charge in [-0.25, -0.2) is 9.97 Å². The summed E-state index contributed by atoms with van der Waals surface area (Å²) in [6, 6.07) is 0.458. The third kappa shape index (κ3) is 3.77. The van der Waals surface area contributed by atoms with Crippen molar-refractivity contribution in [2.24, 2.45) is 5.92 Å². The Hall–Kier alpha value is -1.95. The summed E-state index contributed by atoms with van der Waals surface area (Å²) >= 11 is 0. The van der Waals surface area contributed by atoms with Crippen molar-refractivity contribution in [2.75, 3.05) is 18.4 Å². The summed E-state index contributed by atoms with van der Waals surface area (Å²) in [5.41, 5.74) is 1.03. The van der Waals surface area contributed by atoms with Crippen LogP contribution in [0, 0.1) is 5.92 Å². The minimum atomic E-state index is -0.930. The van der Waals surface area contributed by atoms with Crippen molar-refractivity contribution in [2.45, 2.75) is 26.4 Å². The Balaban J connectivity index is 1.92. The SMILES string of the molecule is CC(C)[C@H]1C=CCN1Cc1cnc(NCC(=O)O)nc1. The molecule has 108 valence electrons. The molecular weight excluding hydrogens is 256 g/mol. The van der Waals surface area contributed by atoms with E-state index in [1.165, 1.54) is 0 Å². The molecular formula is C14H20N4O2. The fourth-order valence-corrected chi connectivity index (χ4v) is 2.31. The second-order valence-electron chi connectivity index (χ2n) is 5.25. The molecule has 0 amide bonds. The smallest absolute Gasteiger partial charge is 0.322 e. The van der Waals surface area contributed by atoms with Gasteiger partial charge in [-0.05, 0) is 5.92 Å². The van der Waals surface area contributed by atoms with E-state index in [9.17, 15) is 4.79 Å². The summed E-state index contributed by atoms with van der Waals surface area (Å²) < 4.78 is 0. The molecule has 2 N–H and O–H groups in total. The molecule has 0 radical (unpaired) electrons. The first-order chi connectivity index (χ1) is 9.56. The minimum Gasteiger partial charge on any atom is -0.480 e. The van der Waals surface area contributed by atoms with Crippen LogP contribution in [0.4, 0.5) is 5.95 Å². The Bertz CT molecular complexity index is 484. The normalized spacial score (nSPS) is 18.6. The van der Waals surface area contributed by atoms with Crippen molar-refractivity contribution in [1.29, 1.82) is 0 Å². The van der Waals surface area contributed by atoms with E-state index in [0.717, 1.165) is 18.7 Å². The lowest BCUT2D eigenvalue weighted by atomic mass is 10.0. The van der Waals surface area contributed by atoms with Crippen molar-refractivity contribution < 1.29 is 9.90 Å². The standard InChI is InChI=1S/C14H20N4O2/c1-10(2)12-4-3-5-18(12)9-11-6-15-14(16-7-11)17-8-13(19)20/h3-4,6-7,10,12H,5,8-9H2,1-2H3,(H,19,20)(H,15,16,17)/t12-/m1/s1. The maximum atomic E-state index is 10.4. The first-order valence-electron chi connectivity index (χ1n) is 6.73. The van der Waals surface area contributed by atoms with Gasteiger partial charge in [0.2, 0.25) is 5.95 Å². The molecule has 2 rings (SSSR count). The van der Waals surface area contributed by atoms with E-state index in [1.54, 1.807) is 12.4 Å². The van der Waals surface area contributed by atoms with E-state index in [0.29, 0.717) is 17.9 Å². The summed E-state index contributed by atoms with van der Waals surface area (Å²) in [7, 11) is 0. The Morgan fingerprint density at radius 3 is 2.80 bits per heavy atom. The number of hydrogen-bond acceptors (Lipinski definition) is 5. The van der Waals surface area contributed by atoms with Gasteiger partial charge in [0.1, 0.15) is 6.54 Å². The lowest BCUT2D eigenvalue weighted by Crippen LogP contribution is -2.33. The van der Waals surface area contributed by atoms with Crippen molar-refractivity contribution >= 4 is 11.9 Å². The second-order valence-corrected chi connectivity index (χ2v) is 5.25. The molecule has 0 spiro atoms. The molecule has 0 saturated heterocycles. The number of carboxylic acids is 1. The van der Waals surface area contributed by atoms with Gasteiger partial charge in [0.25, 0.3) is 0 Å². The molecule has 0 saturated carbocycles. The molecule has 1 aliphatic heterocycles. The molecule has 1 aliphatic rings. The van der Waals surface area contributed by atoms with Crippen molar-refractivity contribution in [3.8, 4) is 0 Å². The van der Waals surface area contributed by atoms with Gasteiger partial charge in [0, 0.05) is 37.1 Å². The number of carbonyl (C=O) groups is 1. The predicted molar refractivity (Wildman–Crippen MR) is 76.3 cm³/mol. The van der Waals surface area contributed by atoms with Crippen molar-refractivity contribution in [3.63, 3.8) is 0 Å². The predicted octanol–water partition coefficient (Wildman–Crippen LogP) is 1.37. The topological polar surface area (TPSA) is 78.4 Å². The average Bonchev–Trinajstić information content (AvgIpc) is 2.86. The molecule has 1 aromatic heterocycles. The zero-order chi connectivity index (χ0) is 14.5. The fourth-order valence-electron chi connectivity index (χ4n) is 2.31. The number of hydrogen-bond donors (Lipinski definition) is 2. The van der Waals surface area contributed by atoms with Crippen LogP contribution in [0.3, 0.4) is 0 Å². The molecule has 0 aliphatic carbocycles. The van der Waals surface area contributed by atoms with Crippen LogP contribution in [0.5, 0.6) is 0 Å². The summed E-state index contributed by atoms with van der Waals surface area (Å²) in [6.07, 6.45) is 7.92. The zero-order valence-electron chi connectivity index (χ0n) is 11.8. The van der Waals surface area contributed by atoms with Gasteiger partial charge in [-0.2, -0.15) is 0 Å². The number of nitrogens with one attached hydrogen (secondary N) is 1. The molecule has 6 nitrogen and oxygen atoms in total. The Labute approximate surface area is 118 Å². The monoisotopic (exact) mass is 276 g/mol. The van der Waals surface area contributed by atoms with E-state index in [4.69, 9.17) is 5.11 Å². The van der Waals surface area contributed by atoms with Crippen molar-refractivity contribution in [1.82, 2.24) is 14.9 Å². The molecule has 0 bridgehead atoms. The van der Waals surface area contributed by atoms with Gasteiger partial charge in [-0.1, -0.05) is 26.0 Å². The van der Waals surface area contributed by atoms with Crippen molar-refractivity contribution in [3.05, 3.63) is 30.1 Å². The quantitative estimate of drug-likeness (QED) is 0.764. The van der Waals surface area contributed by atoms with E-state index in [2.05, 4.69) is 46.2 Å². The lowest BCUT2D eigenvalue weighted by Gasteiger charge is -2.27. The Morgan fingerprint density at radius 2 is 2.20 bits per heavy atom. The summed E-state index contributed by atoms with van der Waals surface area (Å²) in [5, 5.41) is 11.2. The highest BCUT2D eigenvalue weighted by molar-refractivity contribution is 5.71. The molecule has 20 heavy (non-hydrogen) atoms. The molecule has 0 unspecified atom stereocenters. The van der Waals surface area contributed by atoms with Gasteiger partial charge in [-0.15, -0.1) is 0 Å². The highest BCUT2D eigenvalue weighted by Gasteiger charge is 2.22. The first kappa shape index (κ1) is 14.5. The number of carboxylic acid groups (broad SMARTS) is 1. The van der Waals surface area contributed by atoms with Gasteiger partial charge < -0.3 is 10.4 Å². The maximum absolute atomic E-state index is 10.4. The van der Waals surface area contributed by atoms with Crippen LogP contribution in [0.2, 0.25) is 0 Å². The van der Waals surface area contributed by atoms with Crippen LogP contribution < -0.4 is 5.32 Å². The summed E-state index contributed by atoms with van der Waals surface area (Å²) in [6.45, 7) is 5.99. The number of rotatable bonds is 6. The van der Waals surface area contributed by atoms with E-state index in [-0.39, 0.29) is 6.54 Å². The van der Waals surface area contributed by atoms with Gasteiger partial charge >= 0.3 is 5.97 Å². The molecule has 1 atom stereocenters. The minimum absolute atomic E-state index is 0.176. The highest BCUT2D eigenvalue weighted by Crippen LogP contribution is 2.20. The zero-order valence-corrected chi connectivity index (χ0v) is 11.8. The fraction of sp³-hybridized carbons (Fsp3) is 0.500. The van der Waals surface area contributed by atoms with Gasteiger partial charge in [0.15, 0.2) is 0 Å². The summed E-state index contributed by atoms with van der Waals surface area (Å²) in [4.78, 5) is 21.1. The number of aliphatic carboxylic acids is 1. The molecule has 0 aromatic carbocycles. The Morgan fingerprint density at radius 1 is 1.50 bits per heavy atom. The lowest BCUT2D eigenvalue weighted by molar-refractivity contribution is -0.134. The molecule has 2 heterocycles.